The Morgan fingerprint density at radius 2 is 2.00 bits per heavy atom. The van der Waals surface area contributed by atoms with E-state index in [2.05, 4.69) is 10.3 Å². The third-order valence-electron chi connectivity index (χ3n) is 3.61. The molecule has 0 radical (unpaired) electrons. The average molecular weight is 287 g/mol. The second-order valence-electron chi connectivity index (χ2n) is 4.91. The number of para-hydroxylation sites is 2. The van der Waals surface area contributed by atoms with Crippen LogP contribution < -0.4 is 10.5 Å². The summed E-state index contributed by atoms with van der Waals surface area (Å²) in [6.07, 6.45) is 2.04. The first-order valence-corrected chi connectivity index (χ1v) is 6.86. The van der Waals surface area contributed by atoms with Crippen LogP contribution in [0.2, 0.25) is 0 Å². The summed E-state index contributed by atoms with van der Waals surface area (Å²) in [5, 5.41) is 7.95. The van der Waals surface area contributed by atoms with Crippen LogP contribution >= 0.6 is 0 Å². The standard InChI is InChI=1S/C14H17N5O2/c1-21-11-7-3-2-6-10(11)19-13(15)12(16-17-19)14(20)18-8-4-5-9-18/h2-3,6-7H,4-5,8-9,15H2,1H3. The first-order chi connectivity index (χ1) is 10.2. The van der Waals surface area contributed by atoms with E-state index in [0.29, 0.717) is 11.4 Å². The summed E-state index contributed by atoms with van der Waals surface area (Å²) in [6.45, 7) is 1.50. The second kappa shape index (κ2) is 5.43. The molecule has 0 aliphatic carbocycles. The molecule has 21 heavy (non-hydrogen) atoms. The Bertz CT molecular complexity index is 661. The number of ether oxygens (including phenoxy) is 1. The van der Waals surface area contributed by atoms with Gasteiger partial charge in [-0.2, -0.15) is 4.68 Å². The minimum absolute atomic E-state index is 0.161. The van der Waals surface area contributed by atoms with E-state index in [4.69, 9.17) is 10.5 Å². The van der Waals surface area contributed by atoms with Crippen molar-refractivity contribution in [3.8, 4) is 11.4 Å². The molecule has 1 saturated heterocycles. The lowest BCUT2D eigenvalue weighted by molar-refractivity contribution is 0.0788. The molecule has 0 atom stereocenters. The number of hydrogen-bond acceptors (Lipinski definition) is 5. The molecule has 0 spiro atoms. The van der Waals surface area contributed by atoms with E-state index in [0.717, 1.165) is 25.9 Å². The maximum Gasteiger partial charge on any atom is 0.278 e. The first-order valence-electron chi connectivity index (χ1n) is 6.86. The van der Waals surface area contributed by atoms with Crippen LogP contribution in [-0.2, 0) is 0 Å². The van der Waals surface area contributed by atoms with Crippen LogP contribution in [0.15, 0.2) is 24.3 Å². The summed E-state index contributed by atoms with van der Waals surface area (Å²) in [5.41, 5.74) is 6.92. The van der Waals surface area contributed by atoms with Gasteiger partial charge in [0, 0.05) is 13.1 Å². The van der Waals surface area contributed by atoms with Gasteiger partial charge < -0.3 is 15.4 Å². The molecule has 1 amide bonds. The molecule has 0 saturated carbocycles. The molecule has 3 rings (SSSR count). The Balaban J connectivity index is 1.97. The van der Waals surface area contributed by atoms with Gasteiger partial charge in [-0.05, 0) is 25.0 Å². The van der Waals surface area contributed by atoms with Crippen molar-refractivity contribution in [2.24, 2.45) is 0 Å². The van der Waals surface area contributed by atoms with Crippen molar-refractivity contribution in [1.82, 2.24) is 19.9 Å². The molecule has 1 aliphatic rings. The van der Waals surface area contributed by atoms with E-state index in [9.17, 15) is 4.79 Å². The highest BCUT2D eigenvalue weighted by Crippen LogP contribution is 2.25. The molecule has 2 aromatic rings. The molecule has 1 fully saturated rings. The van der Waals surface area contributed by atoms with E-state index in [1.54, 1.807) is 18.1 Å². The number of hydrogen-bond donors (Lipinski definition) is 1. The second-order valence-corrected chi connectivity index (χ2v) is 4.91. The van der Waals surface area contributed by atoms with E-state index >= 15 is 0 Å². The highest BCUT2D eigenvalue weighted by molar-refractivity contribution is 5.96. The Morgan fingerprint density at radius 3 is 2.71 bits per heavy atom. The van der Waals surface area contributed by atoms with Gasteiger partial charge >= 0.3 is 0 Å². The van der Waals surface area contributed by atoms with Gasteiger partial charge in [0.1, 0.15) is 11.4 Å². The van der Waals surface area contributed by atoms with E-state index < -0.39 is 0 Å². The molecule has 7 nitrogen and oxygen atoms in total. The van der Waals surface area contributed by atoms with Crippen LogP contribution in [-0.4, -0.2) is 46.0 Å². The van der Waals surface area contributed by atoms with Crippen molar-refractivity contribution in [2.45, 2.75) is 12.8 Å². The van der Waals surface area contributed by atoms with Gasteiger partial charge in [0.25, 0.3) is 5.91 Å². The quantitative estimate of drug-likeness (QED) is 0.913. The van der Waals surface area contributed by atoms with Gasteiger partial charge in [0.15, 0.2) is 11.5 Å². The summed E-state index contributed by atoms with van der Waals surface area (Å²) in [6, 6.07) is 7.32. The lowest BCUT2D eigenvalue weighted by Gasteiger charge is -2.13. The van der Waals surface area contributed by atoms with E-state index in [1.807, 2.05) is 18.2 Å². The van der Waals surface area contributed by atoms with Crippen LogP contribution in [0.25, 0.3) is 5.69 Å². The van der Waals surface area contributed by atoms with Crippen LogP contribution in [0.3, 0.4) is 0 Å². The molecule has 7 heteroatoms. The Kier molecular flexibility index (Phi) is 3.47. The molecule has 1 aromatic carbocycles. The Morgan fingerprint density at radius 1 is 1.29 bits per heavy atom. The van der Waals surface area contributed by atoms with Crippen molar-refractivity contribution in [3.63, 3.8) is 0 Å². The number of carbonyl (C=O) groups is 1. The topological polar surface area (TPSA) is 86.3 Å². The van der Waals surface area contributed by atoms with Crippen molar-refractivity contribution in [2.75, 3.05) is 25.9 Å². The monoisotopic (exact) mass is 287 g/mol. The molecular weight excluding hydrogens is 270 g/mol. The molecule has 0 bridgehead atoms. The number of amides is 1. The summed E-state index contributed by atoms with van der Waals surface area (Å²) >= 11 is 0. The van der Waals surface area contributed by atoms with Crippen molar-refractivity contribution < 1.29 is 9.53 Å². The maximum atomic E-state index is 12.4. The van der Waals surface area contributed by atoms with E-state index in [1.165, 1.54) is 4.68 Å². The molecule has 110 valence electrons. The van der Waals surface area contributed by atoms with Gasteiger partial charge in [-0.25, -0.2) is 0 Å². The minimum Gasteiger partial charge on any atom is -0.494 e. The van der Waals surface area contributed by atoms with Crippen LogP contribution in [0.4, 0.5) is 5.82 Å². The number of aromatic nitrogens is 3. The zero-order valence-corrected chi connectivity index (χ0v) is 11.8. The number of anilines is 1. The zero-order valence-electron chi connectivity index (χ0n) is 11.8. The Labute approximate surface area is 122 Å². The van der Waals surface area contributed by atoms with Gasteiger partial charge in [0.05, 0.1) is 7.11 Å². The lowest BCUT2D eigenvalue weighted by atomic mass is 10.3. The van der Waals surface area contributed by atoms with Crippen LogP contribution in [0.1, 0.15) is 23.3 Å². The number of nitrogens with two attached hydrogens (primary N) is 1. The fourth-order valence-corrected chi connectivity index (χ4v) is 2.49. The molecule has 2 heterocycles. The summed E-state index contributed by atoms with van der Waals surface area (Å²) in [4.78, 5) is 14.1. The fraction of sp³-hybridized carbons (Fsp3) is 0.357. The molecular formula is C14H17N5O2. The highest BCUT2D eigenvalue weighted by Gasteiger charge is 2.26. The lowest BCUT2D eigenvalue weighted by Crippen LogP contribution is -2.28. The van der Waals surface area contributed by atoms with Crippen LogP contribution in [0.5, 0.6) is 5.75 Å². The summed E-state index contributed by atoms with van der Waals surface area (Å²) in [7, 11) is 1.57. The zero-order chi connectivity index (χ0) is 14.8. The number of benzene rings is 1. The number of methoxy groups -OCH3 is 1. The van der Waals surface area contributed by atoms with Gasteiger partial charge in [0.2, 0.25) is 0 Å². The third-order valence-corrected chi connectivity index (χ3v) is 3.61. The molecule has 2 N–H and O–H groups in total. The molecule has 1 aliphatic heterocycles. The van der Waals surface area contributed by atoms with Crippen molar-refractivity contribution in [1.29, 1.82) is 0 Å². The predicted molar refractivity (Wildman–Crippen MR) is 77.5 cm³/mol. The number of nitrogen functional groups attached to an aromatic ring is 1. The summed E-state index contributed by atoms with van der Waals surface area (Å²) < 4.78 is 6.72. The third kappa shape index (κ3) is 2.31. The number of rotatable bonds is 3. The largest absolute Gasteiger partial charge is 0.494 e. The minimum atomic E-state index is -0.161. The van der Waals surface area contributed by atoms with Crippen LogP contribution in [0, 0.1) is 0 Å². The van der Waals surface area contributed by atoms with Gasteiger partial charge in [-0.1, -0.05) is 17.3 Å². The molecule has 1 aromatic heterocycles. The van der Waals surface area contributed by atoms with Crippen molar-refractivity contribution in [3.05, 3.63) is 30.0 Å². The smallest absolute Gasteiger partial charge is 0.278 e. The van der Waals surface area contributed by atoms with Gasteiger partial charge in [-0.15, -0.1) is 5.10 Å². The number of nitrogens with zero attached hydrogens (tertiary/aromatic N) is 4. The first kappa shape index (κ1) is 13.4. The van der Waals surface area contributed by atoms with E-state index in [-0.39, 0.29) is 17.4 Å². The summed E-state index contributed by atoms with van der Waals surface area (Å²) in [5.74, 6) is 0.691. The predicted octanol–water partition coefficient (Wildman–Crippen LogP) is 1.09. The number of likely N-dealkylation sites (tertiary alicyclic amines) is 1. The SMILES string of the molecule is COc1ccccc1-n1nnc(C(=O)N2CCCC2)c1N. The van der Waals surface area contributed by atoms with Crippen molar-refractivity contribution >= 4 is 11.7 Å². The normalized spacial score (nSPS) is 14.4. The number of carbonyl (C=O) groups excluding carboxylic acids is 1. The maximum absolute atomic E-state index is 12.4. The Hall–Kier alpha value is -2.57. The highest BCUT2D eigenvalue weighted by atomic mass is 16.5. The van der Waals surface area contributed by atoms with Gasteiger partial charge in [-0.3, -0.25) is 4.79 Å². The molecule has 0 unspecified atom stereocenters. The average Bonchev–Trinajstić information content (AvgIpc) is 3.16. The fourth-order valence-electron chi connectivity index (χ4n) is 2.49.